The first-order valence-electron chi connectivity index (χ1n) is 5.68. The van der Waals surface area contributed by atoms with Gasteiger partial charge >= 0.3 is 0 Å². The Morgan fingerprint density at radius 1 is 1.05 bits per heavy atom. The van der Waals surface area contributed by atoms with Crippen LogP contribution < -0.4 is 0 Å². The summed E-state index contributed by atoms with van der Waals surface area (Å²) in [5.74, 6) is 0.540. The Morgan fingerprint density at radius 3 is 2.21 bits per heavy atom. The fourth-order valence-corrected chi connectivity index (χ4v) is 3.40. The molecule has 0 amide bonds. The van der Waals surface area contributed by atoms with Gasteiger partial charge in [0.15, 0.2) is 0 Å². The van der Waals surface area contributed by atoms with Crippen LogP contribution in [-0.4, -0.2) is 0 Å². The zero-order chi connectivity index (χ0) is 14.3. The number of benzene rings is 1. The average Bonchev–Trinajstić information content (AvgIpc) is 2.57. The molecule has 1 nitrogen and oxygen atoms in total. The Hall–Kier alpha value is -0.680. The smallest absolute Gasteiger partial charge is 0.137 e. The fourth-order valence-electron chi connectivity index (χ4n) is 2.07. The average molecular weight is 394 g/mol. The molecule has 5 heteroatoms. The number of hydrogen-bond donors (Lipinski definition) is 0. The minimum Gasteiger partial charge on any atom is -0.466 e. The van der Waals surface area contributed by atoms with Crippen LogP contribution in [0.4, 0.5) is 8.78 Å². The van der Waals surface area contributed by atoms with Crippen molar-refractivity contribution in [2.75, 3.05) is 0 Å². The maximum Gasteiger partial charge on any atom is 0.137 e. The monoisotopic (exact) mass is 392 g/mol. The predicted molar refractivity (Wildman–Crippen MR) is 77.7 cm³/mol. The fraction of sp³-hybridized carbons (Fsp3) is 0.286. The standard InChI is InChI=1S/C14H12Br2F2O/c1-6-7(2)19-8(3)13(6)14(16)9-4-12(18)10(15)5-11(9)17/h4-5,14H,1-3H3. The Labute approximate surface area is 127 Å². The van der Waals surface area contributed by atoms with Gasteiger partial charge in [0.25, 0.3) is 0 Å². The lowest BCUT2D eigenvalue weighted by Gasteiger charge is -2.13. The highest BCUT2D eigenvalue weighted by molar-refractivity contribution is 9.10. The minimum atomic E-state index is -0.489. The topological polar surface area (TPSA) is 13.1 Å². The molecule has 0 saturated heterocycles. The number of aryl methyl sites for hydroxylation is 2. The Balaban J connectivity index is 2.56. The van der Waals surface area contributed by atoms with Crippen LogP contribution in [0.1, 0.15) is 33.0 Å². The number of alkyl halides is 1. The van der Waals surface area contributed by atoms with E-state index in [4.69, 9.17) is 4.42 Å². The van der Waals surface area contributed by atoms with Crippen LogP contribution in [0, 0.1) is 32.4 Å². The second-order valence-corrected chi connectivity index (χ2v) is 6.17. The summed E-state index contributed by atoms with van der Waals surface area (Å²) in [6.07, 6.45) is 0. The third-order valence-corrected chi connectivity index (χ3v) is 4.74. The van der Waals surface area contributed by atoms with Gasteiger partial charge in [-0.3, -0.25) is 0 Å². The molecule has 0 bridgehead atoms. The Morgan fingerprint density at radius 2 is 1.68 bits per heavy atom. The first-order chi connectivity index (χ1) is 8.82. The normalized spacial score (nSPS) is 12.8. The van der Waals surface area contributed by atoms with Gasteiger partial charge in [-0.2, -0.15) is 0 Å². The summed E-state index contributed by atoms with van der Waals surface area (Å²) in [6.45, 7) is 5.57. The van der Waals surface area contributed by atoms with Gasteiger partial charge in [0.1, 0.15) is 23.2 Å². The highest BCUT2D eigenvalue weighted by Crippen LogP contribution is 2.39. The number of hydrogen-bond acceptors (Lipinski definition) is 1. The first kappa shape index (κ1) is 14.7. The Bertz CT molecular complexity index is 635. The maximum absolute atomic E-state index is 14.0. The van der Waals surface area contributed by atoms with Crippen LogP contribution in [0.25, 0.3) is 0 Å². The molecule has 1 heterocycles. The van der Waals surface area contributed by atoms with E-state index in [0.717, 1.165) is 23.0 Å². The molecule has 1 aromatic heterocycles. The van der Waals surface area contributed by atoms with E-state index in [9.17, 15) is 8.78 Å². The molecular weight excluding hydrogens is 382 g/mol. The van der Waals surface area contributed by atoms with Crippen molar-refractivity contribution in [1.82, 2.24) is 0 Å². The van der Waals surface area contributed by atoms with Gasteiger partial charge in [-0.1, -0.05) is 15.9 Å². The highest BCUT2D eigenvalue weighted by Gasteiger charge is 2.24. The molecule has 0 N–H and O–H groups in total. The van der Waals surface area contributed by atoms with Crippen LogP contribution in [0.5, 0.6) is 0 Å². The summed E-state index contributed by atoms with van der Waals surface area (Å²) in [5, 5.41) is 0. The van der Waals surface area contributed by atoms with Crippen molar-refractivity contribution in [2.45, 2.75) is 25.6 Å². The molecule has 0 radical (unpaired) electrons. The molecule has 0 fully saturated rings. The van der Waals surface area contributed by atoms with Crippen molar-refractivity contribution < 1.29 is 13.2 Å². The minimum absolute atomic E-state index is 0.116. The maximum atomic E-state index is 14.0. The molecular formula is C14H12Br2F2O. The summed E-state index contributed by atoms with van der Waals surface area (Å²) >= 11 is 6.41. The predicted octanol–water partition coefficient (Wildman–Crippen LogP) is 5.73. The van der Waals surface area contributed by atoms with Crippen molar-refractivity contribution >= 4 is 31.9 Å². The van der Waals surface area contributed by atoms with Crippen molar-refractivity contribution in [3.8, 4) is 0 Å². The molecule has 2 rings (SSSR count). The summed E-state index contributed by atoms with van der Waals surface area (Å²) in [6, 6.07) is 2.33. The van der Waals surface area contributed by atoms with Gasteiger partial charge in [0.05, 0.1) is 9.30 Å². The molecule has 0 saturated carbocycles. The first-order valence-corrected chi connectivity index (χ1v) is 7.38. The van der Waals surface area contributed by atoms with Crippen LogP contribution in [0.3, 0.4) is 0 Å². The summed E-state index contributed by atoms with van der Waals surface area (Å²) < 4.78 is 33.2. The highest BCUT2D eigenvalue weighted by atomic mass is 79.9. The summed E-state index contributed by atoms with van der Waals surface area (Å²) in [7, 11) is 0. The van der Waals surface area contributed by atoms with Gasteiger partial charge in [-0.15, -0.1) is 0 Å². The van der Waals surface area contributed by atoms with E-state index in [0.29, 0.717) is 5.76 Å². The zero-order valence-corrected chi connectivity index (χ0v) is 13.8. The number of furan rings is 1. The van der Waals surface area contributed by atoms with Crippen molar-refractivity contribution in [2.24, 2.45) is 0 Å². The van der Waals surface area contributed by atoms with Crippen molar-refractivity contribution in [3.05, 3.63) is 56.5 Å². The van der Waals surface area contributed by atoms with E-state index in [-0.39, 0.29) is 10.0 Å². The molecule has 0 aliphatic rings. The van der Waals surface area contributed by atoms with Crippen molar-refractivity contribution in [1.29, 1.82) is 0 Å². The lowest BCUT2D eigenvalue weighted by atomic mass is 10.0. The summed E-state index contributed by atoms with van der Waals surface area (Å²) in [4.78, 5) is -0.437. The lowest BCUT2D eigenvalue weighted by Crippen LogP contribution is -2.00. The second kappa shape index (κ2) is 5.37. The van der Waals surface area contributed by atoms with E-state index < -0.39 is 16.5 Å². The third-order valence-electron chi connectivity index (χ3n) is 3.18. The molecule has 1 unspecified atom stereocenters. The molecule has 102 valence electrons. The largest absolute Gasteiger partial charge is 0.466 e. The van der Waals surface area contributed by atoms with Gasteiger partial charge in [0, 0.05) is 11.1 Å². The number of halogens is 4. The van der Waals surface area contributed by atoms with Gasteiger partial charge in [0.2, 0.25) is 0 Å². The van der Waals surface area contributed by atoms with E-state index >= 15 is 0 Å². The Kier molecular flexibility index (Phi) is 4.16. The molecule has 0 aliphatic carbocycles. The number of rotatable bonds is 2. The van der Waals surface area contributed by atoms with E-state index in [1.54, 1.807) is 0 Å². The van der Waals surface area contributed by atoms with E-state index in [2.05, 4.69) is 31.9 Å². The molecule has 0 spiro atoms. The molecule has 19 heavy (non-hydrogen) atoms. The van der Waals surface area contributed by atoms with Crippen LogP contribution in [0.2, 0.25) is 0 Å². The van der Waals surface area contributed by atoms with Gasteiger partial charge < -0.3 is 4.42 Å². The van der Waals surface area contributed by atoms with Crippen LogP contribution in [0.15, 0.2) is 21.0 Å². The second-order valence-electron chi connectivity index (χ2n) is 4.40. The summed E-state index contributed by atoms with van der Waals surface area (Å²) in [5.41, 5.74) is 2.05. The van der Waals surface area contributed by atoms with Crippen LogP contribution in [-0.2, 0) is 0 Å². The third kappa shape index (κ3) is 2.63. The van der Waals surface area contributed by atoms with E-state index in [1.807, 2.05) is 20.8 Å². The SMILES string of the molecule is Cc1oc(C)c(C(Br)c2cc(F)c(Br)cc2F)c1C. The quantitative estimate of drug-likeness (QED) is 0.469. The van der Waals surface area contributed by atoms with Gasteiger partial charge in [-0.25, -0.2) is 8.78 Å². The zero-order valence-electron chi connectivity index (χ0n) is 10.7. The molecule has 1 atom stereocenters. The molecule has 1 aromatic carbocycles. The van der Waals surface area contributed by atoms with Crippen LogP contribution >= 0.6 is 31.9 Å². The van der Waals surface area contributed by atoms with Gasteiger partial charge in [-0.05, 0) is 54.4 Å². The van der Waals surface area contributed by atoms with E-state index in [1.165, 1.54) is 6.07 Å². The van der Waals surface area contributed by atoms with Crippen molar-refractivity contribution in [3.63, 3.8) is 0 Å². The lowest BCUT2D eigenvalue weighted by molar-refractivity contribution is 0.500. The molecule has 0 aliphatic heterocycles. The molecule has 2 aromatic rings.